The average molecular weight is 514 g/mol. The maximum absolute atomic E-state index is 10.7. The molecule has 0 bridgehead atoms. The van der Waals surface area contributed by atoms with Crippen LogP contribution in [0.4, 0.5) is 0 Å². The lowest BCUT2D eigenvalue weighted by Gasteiger charge is -2.26. The summed E-state index contributed by atoms with van der Waals surface area (Å²) in [5.41, 5.74) is 0.147. The number of hydrogen-bond donors (Lipinski definition) is 3. The van der Waals surface area contributed by atoms with E-state index < -0.39 is 5.60 Å². The summed E-state index contributed by atoms with van der Waals surface area (Å²) in [4.78, 5) is 6.85. The third kappa shape index (κ3) is 8.36. The lowest BCUT2D eigenvalue weighted by molar-refractivity contribution is 0.0428. The molecule has 2 aromatic rings. The van der Waals surface area contributed by atoms with Gasteiger partial charge in [0.05, 0.1) is 6.54 Å². The molecular formula is C22H35IN4O2. The number of rotatable bonds is 9. The van der Waals surface area contributed by atoms with E-state index in [2.05, 4.69) is 58.8 Å². The van der Waals surface area contributed by atoms with E-state index in [-0.39, 0.29) is 30.5 Å². The van der Waals surface area contributed by atoms with Crippen LogP contribution in [-0.2, 0) is 12.1 Å². The monoisotopic (exact) mass is 514 g/mol. The smallest absolute Gasteiger partial charge is 0.191 e. The van der Waals surface area contributed by atoms with Gasteiger partial charge in [-0.1, -0.05) is 30.3 Å². The molecule has 1 aromatic heterocycles. The van der Waals surface area contributed by atoms with E-state index >= 15 is 0 Å². The van der Waals surface area contributed by atoms with Crippen molar-refractivity contribution < 1.29 is 9.52 Å². The van der Waals surface area contributed by atoms with Gasteiger partial charge in [-0.05, 0) is 52.4 Å². The summed E-state index contributed by atoms with van der Waals surface area (Å²) in [6.45, 7) is 10.4. The van der Waals surface area contributed by atoms with Gasteiger partial charge >= 0.3 is 0 Å². The molecule has 0 aliphatic rings. The van der Waals surface area contributed by atoms with Crippen LogP contribution in [0.15, 0.2) is 51.9 Å². The first kappa shape index (κ1) is 25.5. The first-order valence-corrected chi connectivity index (χ1v) is 9.87. The standard InChI is InChI=1S/C22H34N4O2.HI/c1-6-23-21(25-16-22(4,27)20-13-12-18(3)28-20)24-14-17(2)26(5)15-19-10-8-7-9-11-19;/h7-13,17,27H,6,14-16H2,1-5H3,(H2,23,24,25);1H. The number of aryl methyl sites for hydroxylation is 1. The minimum absolute atomic E-state index is 0. The molecule has 0 saturated carbocycles. The van der Waals surface area contributed by atoms with Gasteiger partial charge in [0.1, 0.15) is 17.1 Å². The molecule has 0 spiro atoms. The predicted octanol–water partition coefficient (Wildman–Crippen LogP) is 3.49. The molecule has 0 amide bonds. The third-order valence-electron chi connectivity index (χ3n) is 4.75. The number of aliphatic imine (C=N–C) groups is 1. The quantitative estimate of drug-likeness (QED) is 0.272. The van der Waals surface area contributed by atoms with Gasteiger partial charge in [-0.15, -0.1) is 24.0 Å². The minimum atomic E-state index is -1.15. The van der Waals surface area contributed by atoms with Crippen LogP contribution in [0.5, 0.6) is 0 Å². The van der Waals surface area contributed by atoms with Crippen LogP contribution in [0.1, 0.15) is 37.9 Å². The zero-order valence-corrected chi connectivity index (χ0v) is 20.4. The maximum Gasteiger partial charge on any atom is 0.191 e. The van der Waals surface area contributed by atoms with Gasteiger partial charge in [0, 0.05) is 25.7 Å². The second kappa shape index (κ2) is 12.2. The number of guanidine groups is 1. The lowest BCUT2D eigenvalue weighted by Crippen LogP contribution is -2.45. The van der Waals surface area contributed by atoms with E-state index in [1.54, 1.807) is 13.0 Å². The van der Waals surface area contributed by atoms with Crippen molar-refractivity contribution in [3.8, 4) is 0 Å². The van der Waals surface area contributed by atoms with Crippen LogP contribution < -0.4 is 10.6 Å². The Bertz CT molecular complexity index is 746. The van der Waals surface area contributed by atoms with Crippen LogP contribution in [0.2, 0.25) is 0 Å². The number of nitrogens with one attached hydrogen (secondary N) is 2. The Morgan fingerprint density at radius 3 is 2.48 bits per heavy atom. The van der Waals surface area contributed by atoms with Crippen LogP contribution in [0, 0.1) is 6.92 Å². The molecule has 2 atom stereocenters. The average Bonchev–Trinajstić information content (AvgIpc) is 3.12. The number of halogens is 1. The van der Waals surface area contributed by atoms with Crippen LogP contribution in [0.25, 0.3) is 0 Å². The fourth-order valence-electron chi connectivity index (χ4n) is 2.80. The summed E-state index contributed by atoms with van der Waals surface area (Å²) >= 11 is 0. The zero-order valence-electron chi connectivity index (χ0n) is 18.1. The largest absolute Gasteiger partial charge is 0.463 e. The topological polar surface area (TPSA) is 73.0 Å². The van der Waals surface area contributed by atoms with Crippen molar-refractivity contribution in [3.05, 3.63) is 59.5 Å². The Balaban J connectivity index is 0.00000420. The van der Waals surface area contributed by atoms with Gasteiger partial charge in [-0.3, -0.25) is 4.90 Å². The SMILES string of the molecule is CCNC(=NCC(C)(O)c1ccc(C)o1)NCC(C)N(C)Cc1ccccc1.I. The normalized spacial score (nSPS) is 14.8. The zero-order chi connectivity index (χ0) is 20.6. The molecule has 29 heavy (non-hydrogen) atoms. The van der Waals surface area contributed by atoms with E-state index in [1.807, 2.05) is 26.0 Å². The fraction of sp³-hybridized carbons (Fsp3) is 0.500. The van der Waals surface area contributed by atoms with E-state index in [9.17, 15) is 5.11 Å². The highest BCUT2D eigenvalue weighted by Crippen LogP contribution is 2.23. The van der Waals surface area contributed by atoms with Gasteiger partial charge in [0.25, 0.3) is 0 Å². The van der Waals surface area contributed by atoms with Gasteiger partial charge in [0.2, 0.25) is 0 Å². The van der Waals surface area contributed by atoms with Crippen molar-refractivity contribution >= 4 is 29.9 Å². The third-order valence-corrected chi connectivity index (χ3v) is 4.75. The number of aliphatic hydroxyl groups is 1. The van der Waals surface area contributed by atoms with E-state index in [4.69, 9.17) is 4.42 Å². The summed E-state index contributed by atoms with van der Waals surface area (Å²) in [7, 11) is 2.12. The van der Waals surface area contributed by atoms with E-state index in [1.165, 1.54) is 5.56 Å². The summed E-state index contributed by atoms with van der Waals surface area (Å²) in [6, 6.07) is 14.4. The highest BCUT2D eigenvalue weighted by molar-refractivity contribution is 14.0. The molecule has 6 nitrogen and oxygen atoms in total. The van der Waals surface area contributed by atoms with Crippen molar-refractivity contribution in [2.45, 2.75) is 45.9 Å². The number of nitrogens with zero attached hydrogens (tertiary/aromatic N) is 2. The van der Waals surface area contributed by atoms with Crippen molar-refractivity contribution in [3.63, 3.8) is 0 Å². The Morgan fingerprint density at radius 2 is 1.90 bits per heavy atom. The number of hydrogen-bond acceptors (Lipinski definition) is 4. The molecule has 2 unspecified atom stereocenters. The van der Waals surface area contributed by atoms with Gasteiger partial charge in [-0.2, -0.15) is 0 Å². The first-order chi connectivity index (χ1) is 13.3. The molecule has 0 radical (unpaired) electrons. The number of likely N-dealkylation sites (N-methyl/N-ethyl adjacent to an activating group) is 1. The van der Waals surface area contributed by atoms with Gasteiger partial charge < -0.3 is 20.2 Å². The van der Waals surface area contributed by atoms with Crippen LogP contribution >= 0.6 is 24.0 Å². The van der Waals surface area contributed by atoms with E-state index in [0.717, 1.165) is 25.4 Å². The molecule has 7 heteroatoms. The van der Waals surface area contributed by atoms with Gasteiger partial charge in [-0.25, -0.2) is 4.99 Å². The summed E-state index contributed by atoms with van der Waals surface area (Å²) < 4.78 is 5.56. The molecule has 3 N–H and O–H groups in total. The van der Waals surface area contributed by atoms with E-state index in [0.29, 0.717) is 17.8 Å². The van der Waals surface area contributed by atoms with Crippen LogP contribution in [-0.4, -0.2) is 48.7 Å². The Hall–Kier alpha value is -1.58. The number of benzene rings is 1. The summed E-state index contributed by atoms with van der Waals surface area (Å²) in [5.74, 6) is 1.99. The van der Waals surface area contributed by atoms with Crippen molar-refractivity contribution in [2.75, 3.05) is 26.7 Å². The fourth-order valence-corrected chi connectivity index (χ4v) is 2.80. The highest BCUT2D eigenvalue weighted by Gasteiger charge is 2.26. The molecule has 0 aliphatic carbocycles. The second-order valence-electron chi connectivity index (χ2n) is 7.51. The highest BCUT2D eigenvalue weighted by atomic mass is 127. The summed E-state index contributed by atoms with van der Waals surface area (Å²) in [6.07, 6.45) is 0. The molecule has 0 aliphatic heterocycles. The Morgan fingerprint density at radius 1 is 1.21 bits per heavy atom. The molecule has 1 heterocycles. The van der Waals surface area contributed by atoms with Gasteiger partial charge in [0.15, 0.2) is 5.96 Å². The first-order valence-electron chi connectivity index (χ1n) is 9.87. The molecule has 2 rings (SSSR count). The Kier molecular flexibility index (Phi) is 10.7. The molecule has 162 valence electrons. The maximum atomic E-state index is 10.7. The molecule has 0 fully saturated rings. The number of furan rings is 1. The van der Waals surface area contributed by atoms with Crippen molar-refractivity contribution in [1.29, 1.82) is 0 Å². The lowest BCUT2D eigenvalue weighted by atomic mass is 10.0. The minimum Gasteiger partial charge on any atom is -0.463 e. The van der Waals surface area contributed by atoms with Crippen LogP contribution in [0.3, 0.4) is 0 Å². The van der Waals surface area contributed by atoms with Crippen molar-refractivity contribution in [1.82, 2.24) is 15.5 Å². The molecule has 0 saturated heterocycles. The second-order valence-corrected chi connectivity index (χ2v) is 7.51. The van der Waals surface area contributed by atoms with Crippen molar-refractivity contribution in [2.24, 2.45) is 4.99 Å². The Labute approximate surface area is 191 Å². The predicted molar refractivity (Wildman–Crippen MR) is 130 cm³/mol. The molecular weight excluding hydrogens is 479 g/mol. The summed E-state index contributed by atoms with van der Waals surface area (Å²) in [5, 5.41) is 17.3. The molecule has 1 aromatic carbocycles.